The summed E-state index contributed by atoms with van der Waals surface area (Å²) < 4.78 is 17.6. The molecule has 3 atom stereocenters. The van der Waals surface area contributed by atoms with Gasteiger partial charge in [-0.15, -0.1) is 0 Å². The number of carbonyl (C=O) groups excluding carboxylic acids is 3. The van der Waals surface area contributed by atoms with Crippen molar-refractivity contribution in [3.05, 3.63) is 58.6 Å². The monoisotopic (exact) mass is 598 g/mol. The molecule has 2 aromatic rings. The minimum absolute atomic E-state index is 0.185. The SMILES string of the molecule is CCOC(=O)[C@@H]1CCC[C@@H](N2CCOC(c3ccccc3OC)c3cc(Cl)ccc3N(CC(C)(C)C)C(=O)CC2=O)C1. The summed E-state index contributed by atoms with van der Waals surface area (Å²) in [4.78, 5) is 43.9. The second kappa shape index (κ2) is 13.9. The summed E-state index contributed by atoms with van der Waals surface area (Å²) >= 11 is 6.54. The van der Waals surface area contributed by atoms with E-state index < -0.39 is 6.10 Å². The average Bonchev–Trinajstić information content (AvgIpc) is 2.97. The van der Waals surface area contributed by atoms with Crippen molar-refractivity contribution >= 4 is 35.1 Å². The quantitative estimate of drug-likeness (QED) is 0.291. The van der Waals surface area contributed by atoms with Gasteiger partial charge in [0.05, 0.1) is 26.2 Å². The number of methoxy groups -OCH3 is 1. The topological polar surface area (TPSA) is 85.4 Å². The van der Waals surface area contributed by atoms with Crippen LogP contribution in [-0.2, 0) is 23.9 Å². The number of benzene rings is 2. The molecular weight excluding hydrogens is 556 g/mol. The summed E-state index contributed by atoms with van der Waals surface area (Å²) in [6, 6.07) is 12.9. The van der Waals surface area contributed by atoms with E-state index in [0.29, 0.717) is 36.0 Å². The molecule has 1 aliphatic carbocycles. The molecule has 0 bridgehead atoms. The molecular formula is C33H43ClN2O6. The van der Waals surface area contributed by atoms with Gasteiger partial charge in [-0.1, -0.05) is 57.0 Å². The number of halogens is 1. The van der Waals surface area contributed by atoms with E-state index in [-0.39, 0.29) is 54.7 Å². The lowest BCUT2D eigenvalue weighted by molar-refractivity contribution is -0.151. The highest BCUT2D eigenvalue weighted by atomic mass is 35.5. The molecule has 1 unspecified atom stereocenters. The molecule has 2 amide bonds. The van der Waals surface area contributed by atoms with Crippen molar-refractivity contribution in [3.63, 3.8) is 0 Å². The van der Waals surface area contributed by atoms with Crippen molar-refractivity contribution < 1.29 is 28.6 Å². The fraction of sp³-hybridized carbons (Fsp3) is 0.545. The first-order valence-corrected chi connectivity index (χ1v) is 15.2. The highest BCUT2D eigenvalue weighted by Crippen LogP contribution is 2.40. The number of nitrogens with zero attached hydrogens (tertiary/aromatic N) is 2. The van der Waals surface area contributed by atoms with Crippen molar-refractivity contribution in [2.45, 2.75) is 71.9 Å². The predicted octanol–water partition coefficient (Wildman–Crippen LogP) is 6.19. The molecule has 2 aromatic carbocycles. The number of para-hydroxylation sites is 1. The van der Waals surface area contributed by atoms with Gasteiger partial charge in [0, 0.05) is 41.0 Å². The maximum atomic E-state index is 14.0. The zero-order chi connectivity index (χ0) is 30.4. The first-order valence-electron chi connectivity index (χ1n) is 14.8. The van der Waals surface area contributed by atoms with Crippen LogP contribution in [0.3, 0.4) is 0 Å². The van der Waals surface area contributed by atoms with Gasteiger partial charge in [-0.3, -0.25) is 14.4 Å². The van der Waals surface area contributed by atoms with E-state index in [9.17, 15) is 14.4 Å². The van der Waals surface area contributed by atoms with Crippen LogP contribution in [-0.4, -0.2) is 62.1 Å². The van der Waals surface area contributed by atoms with Gasteiger partial charge in [-0.05, 0) is 55.9 Å². The molecule has 0 radical (unpaired) electrons. The van der Waals surface area contributed by atoms with Crippen LogP contribution in [0.5, 0.6) is 5.75 Å². The Hall–Kier alpha value is -3.10. The summed E-state index contributed by atoms with van der Waals surface area (Å²) in [5.74, 6) is -0.393. The third-order valence-electron chi connectivity index (χ3n) is 7.86. The molecule has 42 heavy (non-hydrogen) atoms. The van der Waals surface area contributed by atoms with Crippen LogP contribution in [0.1, 0.15) is 77.0 Å². The van der Waals surface area contributed by atoms with Gasteiger partial charge in [-0.2, -0.15) is 0 Å². The zero-order valence-electron chi connectivity index (χ0n) is 25.4. The molecule has 4 rings (SSSR count). The molecule has 0 N–H and O–H groups in total. The van der Waals surface area contributed by atoms with Crippen LogP contribution < -0.4 is 9.64 Å². The summed E-state index contributed by atoms with van der Waals surface area (Å²) in [5.41, 5.74) is 1.91. The Morgan fingerprint density at radius 3 is 2.55 bits per heavy atom. The van der Waals surface area contributed by atoms with E-state index in [0.717, 1.165) is 30.4 Å². The van der Waals surface area contributed by atoms with E-state index >= 15 is 0 Å². The fourth-order valence-corrected chi connectivity index (χ4v) is 6.20. The minimum atomic E-state index is -0.612. The first-order chi connectivity index (χ1) is 20.0. The summed E-state index contributed by atoms with van der Waals surface area (Å²) in [6.45, 7) is 9.18. The molecule has 2 aliphatic rings. The van der Waals surface area contributed by atoms with Crippen LogP contribution in [0.15, 0.2) is 42.5 Å². The second-order valence-electron chi connectivity index (χ2n) is 12.3. The smallest absolute Gasteiger partial charge is 0.308 e. The Balaban J connectivity index is 1.78. The number of rotatable bonds is 6. The third-order valence-corrected chi connectivity index (χ3v) is 8.10. The molecule has 9 heteroatoms. The first kappa shape index (κ1) is 31.8. The third kappa shape index (κ3) is 7.64. The molecule has 1 heterocycles. The minimum Gasteiger partial charge on any atom is -0.496 e. The van der Waals surface area contributed by atoms with E-state index in [4.69, 9.17) is 25.8 Å². The van der Waals surface area contributed by atoms with Gasteiger partial charge in [-0.25, -0.2) is 0 Å². The van der Waals surface area contributed by atoms with Gasteiger partial charge in [0.25, 0.3) is 0 Å². The second-order valence-corrected chi connectivity index (χ2v) is 12.7. The molecule has 0 saturated heterocycles. The van der Waals surface area contributed by atoms with Crippen LogP contribution in [0, 0.1) is 11.3 Å². The summed E-state index contributed by atoms with van der Waals surface area (Å²) in [5, 5.41) is 0.514. The number of amides is 2. The lowest BCUT2D eigenvalue weighted by Crippen LogP contribution is -2.47. The number of esters is 1. The maximum Gasteiger partial charge on any atom is 0.308 e. The molecule has 0 spiro atoms. The number of carbonyl (C=O) groups is 3. The number of fused-ring (bicyclic) bond motifs is 1. The van der Waals surface area contributed by atoms with Crippen LogP contribution in [0.2, 0.25) is 5.02 Å². The van der Waals surface area contributed by atoms with Gasteiger partial charge >= 0.3 is 5.97 Å². The highest BCUT2D eigenvalue weighted by Gasteiger charge is 2.37. The lowest BCUT2D eigenvalue weighted by Gasteiger charge is -2.37. The Morgan fingerprint density at radius 2 is 1.83 bits per heavy atom. The number of hydrogen-bond donors (Lipinski definition) is 0. The van der Waals surface area contributed by atoms with Crippen LogP contribution in [0.4, 0.5) is 5.69 Å². The van der Waals surface area contributed by atoms with E-state index in [1.54, 1.807) is 29.9 Å². The van der Waals surface area contributed by atoms with Crippen molar-refractivity contribution in [2.24, 2.45) is 11.3 Å². The van der Waals surface area contributed by atoms with E-state index in [1.165, 1.54) is 0 Å². The highest BCUT2D eigenvalue weighted by molar-refractivity contribution is 6.30. The van der Waals surface area contributed by atoms with Crippen LogP contribution >= 0.6 is 11.6 Å². The van der Waals surface area contributed by atoms with E-state index in [2.05, 4.69) is 20.8 Å². The molecule has 8 nitrogen and oxygen atoms in total. The summed E-state index contributed by atoms with van der Waals surface area (Å²) in [6.07, 6.45) is 1.91. The van der Waals surface area contributed by atoms with E-state index in [1.807, 2.05) is 36.4 Å². The Labute approximate surface area is 254 Å². The fourth-order valence-electron chi connectivity index (χ4n) is 6.02. The molecule has 1 fully saturated rings. The van der Waals surface area contributed by atoms with Gasteiger partial charge in [0.15, 0.2) is 0 Å². The van der Waals surface area contributed by atoms with Gasteiger partial charge < -0.3 is 24.0 Å². The van der Waals surface area contributed by atoms with Crippen molar-refractivity contribution in [1.29, 1.82) is 0 Å². The molecule has 1 aliphatic heterocycles. The van der Waals surface area contributed by atoms with Crippen molar-refractivity contribution in [1.82, 2.24) is 4.90 Å². The Morgan fingerprint density at radius 1 is 1.07 bits per heavy atom. The Bertz CT molecular complexity index is 1280. The Kier molecular flexibility index (Phi) is 10.5. The lowest BCUT2D eigenvalue weighted by atomic mass is 9.84. The number of anilines is 1. The van der Waals surface area contributed by atoms with Crippen molar-refractivity contribution in [2.75, 3.05) is 38.3 Å². The normalized spacial score (nSPS) is 22.3. The maximum absolute atomic E-state index is 14.0. The number of hydrogen-bond acceptors (Lipinski definition) is 6. The average molecular weight is 599 g/mol. The largest absolute Gasteiger partial charge is 0.496 e. The van der Waals surface area contributed by atoms with Gasteiger partial charge in [0.2, 0.25) is 11.8 Å². The van der Waals surface area contributed by atoms with Crippen molar-refractivity contribution in [3.8, 4) is 5.75 Å². The predicted molar refractivity (Wildman–Crippen MR) is 163 cm³/mol. The molecule has 0 aromatic heterocycles. The molecule has 228 valence electrons. The van der Waals surface area contributed by atoms with Crippen LogP contribution in [0.25, 0.3) is 0 Å². The van der Waals surface area contributed by atoms with Gasteiger partial charge in [0.1, 0.15) is 18.3 Å². The summed E-state index contributed by atoms with van der Waals surface area (Å²) in [7, 11) is 1.61. The standard InChI is InChI=1S/C33H43ClN2O6/c1-6-41-32(39)22-10-9-11-24(18-22)35-16-17-42-31(25-12-7-8-13-28(25)40-5)26-19-23(34)14-15-27(26)36(21-33(2,3)4)30(38)20-29(35)37/h7-8,12-15,19,22,24,31H,6,9-11,16-18,20-21H2,1-5H3/t22-,24-,31?/m1/s1. The zero-order valence-corrected chi connectivity index (χ0v) is 26.1. The molecule has 1 saturated carbocycles. The number of ether oxygens (including phenoxy) is 3.